The first kappa shape index (κ1) is 17.3. The molecule has 0 atom stereocenters. The van der Waals surface area contributed by atoms with E-state index in [9.17, 15) is 14.4 Å². The molecular formula is C19H21N5O3. The number of rotatable bonds is 2. The van der Waals surface area contributed by atoms with Crippen LogP contribution in [0, 0.1) is 6.92 Å². The molecule has 1 saturated heterocycles. The number of carbonyl (C=O) groups is 2. The number of amides is 2. The van der Waals surface area contributed by atoms with Crippen molar-refractivity contribution in [2.24, 2.45) is 0 Å². The normalized spacial score (nSPS) is 16.7. The molecule has 3 heterocycles. The van der Waals surface area contributed by atoms with Gasteiger partial charge in [-0.3, -0.25) is 9.59 Å². The third kappa shape index (κ3) is 2.59. The fourth-order valence-corrected chi connectivity index (χ4v) is 3.64. The summed E-state index contributed by atoms with van der Waals surface area (Å²) in [6.07, 6.45) is 0. The van der Waals surface area contributed by atoms with Crippen molar-refractivity contribution < 1.29 is 9.59 Å². The quantitative estimate of drug-likeness (QED) is 0.722. The fraction of sp³-hybridized carbons (Fsp3) is 0.368. The second kappa shape index (κ2) is 5.94. The molecule has 1 aliphatic rings. The van der Waals surface area contributed by atoms with Crippen LogP contribution >= 0.6 is 0 Å². The molecule has 1 aliphatic heterocycles. The maximum absolute atomic E-state index is 13.0. The molecule has 2 aromatic heterocycles. The van der Waals surface area contributed by atoms with Crippen LogP contribution in [0.1, 0.15) is 19.4 Å². The van der Waals surface area contributed by atoms with Gasteiger partial charge in [0.1, 0.15) is 12.1 Å². The lowest BCUT2D eigenvalue weighted by molar-refractivity contribution is -0.149. The van der Waals surface area contributed by atoms with E-state index in [1.54, 1.807) is 13.8 Å². The minimum absolute atomic E-state index is 0.203. The number of aryl methyl sites for hydroxylation is 1. The number of benzene rings is 1. The highest BCUT2D eigenvalue weighted by Crippen LogP contribution is 2.20. The third-order valence-electron chi connectivity index (χ3n) is 5.18. The van der Waals surface area contributed by atoms with E-state index in [1.807, 2.05) is 37.3 Å². The molecule has 0 saturated carbocycles. The minimum atomic E-state index is -0.958. The first-order valence-corrected chi connectivity index (χ1v) is 8.87. The van der Waals surface area contributed by atoms with Crippen molar-refractivity contribution >= 4 is 28.4 Å². The zero-order chi connectivity index (χ0) is 19.3. The molecule has 0 aliphatic carbocycles. The Labute approximate surface area is 155 Å². The van der Waals surface area contributed by atoms with Crippen molar-refractivity contribution in [1.29, 1.82) is 0 Å². The number of piperazine rings is 1. The van der Waals surface area contributed by atoms with Gasteiger partial charge >= 0.3 is 5.69 Å². The van der Waals surface area contributed by atoms with Gasteiger partial charge in [-0.05, 0) is 43.9 Å². The predicted octanol–water partition coefficient (Wildman–Crippen LogP) is 0.695. The zero-order valence-electron chi connectivity index (χ0n) is 15.5. The molecule has 0 bridgehead atoms. The standard InChI is InChI=1S/C19H21N5O3/c1-12-10-13-6-4-5-7-14(13)24-16(12)21-23(18(24)27)11-15(25)22-9-8-20-17(26)19(22,2)3/h4-7,10H,8-9,11H2,1-3H3,(H,20,26). The molecule has 27 heavy (non-hydrogen) atoms. The van der Waals surface area contributed by atoms with Crippen LogP contribution in [0.2, 0.25) is 0 Å². The Balaban J connectivity index is 1.77. The molecule has 0 unspecified atom stereocenters. The largest absolute Gasteiger partial charge is 0.352 e. The highest BCUT2D eigenvalue weighted by molar-refractivity contribution is 5.91. The van der Waals surface area contributed by atoms with Crippen molar-refractivity contribution in [3.05, 3.63) is 46.4 Å². The Kier molecular flexibility index (Phi) is 3.80. The van der Waals surface area contributed by atoms with E-state index in [2.05, 4.69) is 10.4 Å². The van der Waals surface area contributed by atoms with Crippen molar-refractivity contribution in [3.63, 3.8) is 0 Å². The Bertz CT molecular complexity index is 1140. The Morgan fingerprint density at radius 2 is 2.00 bits per heavy atom. The number of hydrogen-bond acceptors (Lipinski definition) is 4. The van der Waals surface area contributed by atoms with E-state index >= 15 is 0 Å². The number of nitrogens with zero attached hydrogens (tertiary/aromatic N) is 4. The van der Waals surface area contributed by atoms with Crippen LogP contribution < -0.4 is 11.0 Å². The topological polar surface area (TPSA) is 88.7 Å². The third-order valence-corrected chi connectivity index (χ3v) is 5.18. The molecule has 8 nitrogen and oxygen atoms in total. The van der Waals surface area contributed by atoms with Gasteiger partial charge in [0.15, 0.2) is 5.65 Å². The van der Waals surface area contributed by atoms with E-state index in [0.717, 1.165) is 16.5 Å². The number of carbonyl (C=O) groups excluding carboxylic acids is 2. The first-order valence-electron chi connectivity index (χ1n) is 8.87. The van der Waals surface area contributed by atoms with Gasteiger partial charge in [0, 0.05) is 13.1 Å². The second-order valence-corrected chi connectivity index (χ2v) is 7.35. The summed E-state index contributed by atoms with van der Waals surface area (Å²) in [4.78, 5) is 39.4. The number of pyridine rings is 1. The first-order chi connectivity index (χ1) is 12.8. The number of fused-ring (bicyclic) bond motifs is 3. The number of aromatic nitrogens is 3. The van der Waals surface area contributed by atoms with Gasteiger partial charge in [0.25, 0.3) is 0 Å². The summed E-state index contributed by atoms with van der Waals surface area (Å²) in [7, 11) is 0. The zero-order valence-corrected chi connectivity index (χ0v) is 15.5. The van der Waals surface area contributed by atoms with Gasteiger partial charge in [-0.2, -0.15) is 0 Å². The summed E-state index contributed by atoms with van der Waals surface area (Å²) in [5.74, 6) is -0.506. The highest BCUT2D eigenvalue weighted by Gasteiger charge is 2.40. The lowest BCUT2D eigenvalue weighted by Gasteiger charge is -2.41. The van der Waals surface area contributed by atoms with Crippen LogP contribution in [0.25, 0.3) is 16.6 Å². The molecule has 1 N–H and O–H groups in total. The molecule has 140 valence electrons. The summed E-state index contributed by atoms with van der Waals surface area (Å²) >= 11 is 0. The molecule has 3 aromatic rings. The van der Waals surface area contributed by atoms with Gasteiger partial charge in [-0.25, -0.2) is 13.9 Å². The predicted molar refractivity (Wildman–Crippen MR) is 100 cm³/mol. The number of nitrogens with one attached hydrogen (secondary N) is 1. The van der Waals surface area contributed by atoms with Gasteiger partial charge in [0.05, 0.1) is 5.52 Å². The van der Waals surface area contributed by atoms with Crippen LogP contribution in [0.4, 0.5) is 0 Å². The number of para-hydroxylation sites is 1. The SMILES string of the molecule is Cc1cc2ccccc2n2c(=O)n(CC(=O)N3CCNC(=O)C3(C)C)nc12. The van der Waals surface area contributed by atoms with Crippen LogP contribution in [0.3, 0.4) is 0 Å². The van der Waals surface area contributed by atoms with Crippen LogP contribution in [-0.4, -0.2) is 49.5 Å². The number of hydrogen-bond donors (Lipinski definition) is 1. The Hall–Kier alpha value is -3.16. The average Bonchev–Trinajstić information content (AvgIpc) is 2.95. The highest BCUT2D eigenvalue weighted by atomic mass is 16.2. The van der Waals surface area contributed by atoms with Gasteiger partial charge in [-0.15, -0.1) is 5.10 Å². The van der Waals surface area contributed by atoms with Crippen molar-refractivity contribution in [3.8, 4) is 0 Å². The van der Waals surface area contributed by atoms with Crippen LogP contribution in [0.5, 0.6) is 0 Å². The fourth-order valence-electron chi connectivity index (χ4n) is 3.64. The minimum Gasteiger partial charge on any atom is -0.352 e. The average molecular weight is 367 g/mol. The maximum atomic E-state index is 13.0. The van der Waals surface area contributed by atoms with E-state index in [4.69, 9.17) is 0 Å². The second-order valence-electron chi connectivity index (χ2n) is 7.35. The summed E-state index contributed by atoms with van der Waals surface area (Å²) in [6, 6.07) is 9.54. The Morgan fingerprint density at radius 1 is 1.26 bits per heavy atom. The van der Waals surface area contributed by atoms with Crippen molar-refractivity contribution in [1.82, 2.24) is 24.4 Å². The van der Waals surface area contributed by atoms with Gasteiger partial charge in [0.2, 0.25) is 11.8 Å². The molecule has 4 rings (SSSR count). The van der Waals surface area contributed by atoms with Crippen molar-refractivity contribution in [2.75, 3.05) is 13.1 Å². The summed E-state index contributed by atoms with van der Waals surface area (Å²) < 4.78 is 2.71. The Morgan fingerprint density at radius 3 is 2.78 bits per heavy atom. The van der Waals surface area contributed by atoms with E-state index in [0.29, 0.717) is 18.7 Å². The molecule has 0 spiro atoms. The lowest BCUT2D eigenvalue weighted by Crippen LogP contribution is -2.64. The molecule has 1 aromatic carbocycles. The molecular weight excluding hydrogens is 346 g/mol. The summed E-state index contributed by atoms with van der Waals surface area (Å²) in [5.41, 5.74) is 0.814. The molecule has 1 fully saturated rings. The maximum Gasteiger partial charge on any atom is 0.351 e. The molecule has 2 amide bonds. The van der Waals surface area contributed by atoms with Crippen LogP contribution in [0.15, 0.2) is 35.1 Å². The van der Waals surface area contributed by atoms with Crippen LogP contribution in [-0.2, 0) is 16.1 Å². The van der Waals surface area contributed by atoms with E-state index in [1.165, 1.54) is 14.0 Å². The summed E-state index contributed by atoms with van der Waals surface area (Å²) in [5, 5.41) is 8.08. The van der Waals surface area contributed by atoms with Gasteiger partial charge < -0.3 is 10.2 Å². The van der Waals surface area contributed by atoms with E-state index < -0.39 is 5.54 Å². The summed E-state index contributed by atoms with van der Waals surface area (Å²) in [6.45, 7) is 5.88. The monoisotopic (exact) mass is 367 g/mol. The molecule has 0 radical (unpaired) electrons. The van der Waals surface area contributed by atoms with E-state index in [-0.39, 0.29) is 24.0 Å². The van der Waals surface area contributed by atoms with Crippen molar-refractivity contribution in [2.45, 2.75) is 32.9 Å². The lowest BCUT2D eigenvalue weighted by atomic mass is 9.99. The molecule has 8 heteroatoms. The van der Waals surface area contributed by atoms with Gasteiger partial charge in [-0.1, -0.05) is 18.2 Å². The smallest absolute Gasteiger partial charge is 0.351 e.